The highest BCUT2D eigenvalue weighted by Crippen LogP contribution is 2.21. The van der Waals surface area contributed by atoms with Crippen LogP contribution in [0.2, 0.25) is 0 Å². The normalized spacial score (nSPS) is 12.4. The van der Waals surface area contributed by atoms with Gasteiger partial charge in [-0.05, 0) is 30.5 Å². The fraction of sp³-hybridized carbons (Fsp3) is 0.267. The maximum atomic E-state index is 8.99. The van der Waals surface area contributed by atoms with Crippen molar-refractivity contribution in [1.29, 1.82) is 0 Å². The van der Waals surface area contributed by atoms with Crippen LogP contribution in [0.3, 0.4) is 0 Å². The third-order valence-electron chi connectivity index (χ3n) is 2.90. The Balaban J connectivity index is 2.21. The Bertz CT molecular complexity index is 528. The minimum atomic E-state index is -0.249. The smallest absolute Gasteiger partial charge is 0.0705 e. The molecule has 19 heavy (non-hydrogen) atoms. The van der Waals surface area contributed by atoms with Crippen molar-refractivity contribution in [3.8, 4) is 11.3 Å². The van der Waals surface area contributed by atoms with Gasteiger partial charge in [0.2, 0.25) is 0 Å². The van der Waals surface area contributed by atoms with Gasteiger partial charge in [0.25, 0.3) is 0 Å². The molecule has 4 heteroatoms. The topological polar surface area (TPSA) is 59.1 Å². The van der Waals surface area contributed by atoms with Gasteiger partial charge in [0.15, 0.2) is 0 Å². The third kappa shape index (κ3) is 3.80. The predicted octanol–water partition coefficient (Wildman–Crippen LogP) is 2.33. The van der Waals surface area contributed by atoms with Crippen LogP contribution in [0.1, 0.15) is 5.69 Å². The molecule has 2 aromatic rings. The molecular formula is C15H18N2OS. The van der Waals surface area contributed by atoms with Crippen molar-refractivity contribution in [2.75, 3.05) is 12.9 Å². The second kappa shape index (κ2) is 6.70. The third-order valence-corrected chi connectivity index (χ3v) is 3.64. The fourth-order valence-electron chi connectivity index (χ4n) is 1.85. The summed E-state index contributed by atoms with van der Waals surface area (Å²) in [6, 6.07) is 14.0. The molecule has 1 heterocycles. The Morgan fingerprint density at radius 3 is 2.58 bits per heavy atom. The zero-order valence-electron chi connectivity index (χ0n) is 10.9. The lowest BCUT2D eigenvalue weighted by Crippen LogP contribution is -2.27. The first-order valence-corrected chi connectivity index (χ1v) is 7.42. The average Bonchev–Trinajstić information content (AvgIpc) is 2.47. The molecule has 0 saturated heterocycles. The summed E-state index contributed by atoms with van der Waals surface area (Å²) in [6.07, 6.45) is 2.65. The molecule has 0 aliphatic rings. The first-order valence-electron chi connectivity index (χ1n) is 6.19. The number of aliphatic hydroxyl groups is 1. The van der Waals surface area contributed by atoms with Crippen LogP contribution in [0, 0.1) is 0 Å². The maximum absolute atomic E-state index is 8.99. The highest BCUT2D eigenvalue weighted by Gasteiger charge is 2.05. The molecule has 0 bridgehead atoms. The van der Waals surface area contributed by atoms with Gasteiger partial charge in [-0.2, -0.15) is 0 Å². The van der Waals surface area contributed by atoms with Crippen LogP contribution in [-0.4, -0.2) is 29.0 Å². The molecule has 0 saturated carbocycles. The molecule has 0 fully saturated rings. The molecule has 100 valence electrons. The average molecular weight is 274 g/mol. The minimum absolute atomic E-state index is 0.0195. The van der Waals surface area contributed by atoms with Crippen molar-refractivity contribution in [2.24, 2.45) is 5.73 Å². The second-order valence-corrected chi connectivity index (χ2v) is 5.27. The largest absolute Gasteiger partial charge is 0.395 e. The lowest BCUT2D eigenvalue weighted by molar-refractivity contribution is 0.264. The van der Waals surface area contributed by atoms with E-state index in [4.69, 9.17) is 10.8 Å². The fourth-order valence-corrected chi connectivity index (χ4v) is 2.26. The van der Waals surface area contributed by atoms with Crippen molar-refractivity contribution in [3.05, 3.63) is 48.2 Å². The van der Waals surface area contributed by atoms with E-state index < -0.39 is 0 Å². The quantitative estimate of drug-likeness (QED) is 0.822. The number of hydrogen-bond acceptors (Lipinski definition) is 4. The summed E-state index contributed by atoms with van der Waals surface area (Å²) >= 11 is 1.72. The van der Waals surface area contributed by atoms with Crippen molar-refractivity contribution < 1.29 is 5.11 Å². The molecule has 0 aliphatic carbocycles. The lowest BCUT2D eigenvalue weighted by Gasteiger charge is -2.09. The van der Waals surface area contributed by atoms with Gasteiger partial charge in [-0.25, -0.2) is 0 Å². The zero-order chi connectivity index (χ0) is 13.7. The molecule has 1 aromatic heterocycles. The molecule has 0 spiro atoms. The first-order chi connectivity index (χ1) is 9.22. The van der Waals surface area contributed by atoms with Crippen LogP contribution in [0.25, 0.3) is 11.3 Å². The van der Waals surface area contributed by atoms with Gasteiger partial charge in [0.05, 0.1) is 12.3 Å². The molecule has 3 nitrogen and oxygen atoms in total. The maximum Gasteiger partial charge on any atom is 0.0705 e. The minimum Gasteiger partial charge on any atom is -0.395 e. The van der Waals surface area contributed by atoms with Crippen LogP contribution < -0.4 is 5.73 Å². The van der Waals surface area contributed by atoms with Crippen LogP contribution >= 0.6 is 11.8 Å². The second-order valence-electron chi connectivity index (χ2n) is 4.39. The van der Waals surface area contributed by atoms with E-state index in [0.29, 0.717) is 6.42 Å². The Hall–Kier alpha value is -1.36. The zero-order valence-corrected chi connectivity index (χ0v) is 11.7. The lowest BCUT2D eigenvalue weighted by atomic mass is 10.1. The van der Waals surface area contributed by atoms with Crippen molar-refractivity contribution >= 4 is 11.8 Å². The van der Waals surface area contributed by atoms with Crippen LogP contribution in [-0.2, 0) is 6.42 Å². The van der Waals surface area contributed by atoms with Crippen LogP contribution in [0.4, 0.5) is 0 Å². The Labute approximate surface area is 117 Å². The first kappa shape index (κ1) is 14.1. The van der Waals surface area contributed by atoms with E-state index in [1.165, 1.54) is 4.90 Å². The predicted molar refractivity (Wildman–Crippen MR) is 80.2 cm³/mol. The molecule has 0 amide bonds. The number of thioether (sulfide) groups is 1. The summed E-state index contributed by atoms with van der Waals surface area (Å²) in [4.78, 5) is 5.83. The van der Waals surface area contributed by atoms with Gasteiger partial charge in [-0.3, -0.25) is 4.98 Å². The number of aliphatic hydroxyl groups excluding tert-OH is 1. The van der Waals surface area contributed by atoms with Crippen molar-refractivity contribution in [2.45, 2.75) is 17.4 Å². The van der Waals surface area contributed by atoms with Crippen LogP contribution in [0.15, 0.2) is 47.4 Å². The van der Waals surface area contributed by atoms with Gasteiger partial charge in [-0.15, -0.1) is 11.8 Å². The standard InChI is InChI=1S/C15H18N2OS/c1-19-14-7-5-11(6-8-14)15-4-2-3-13(17-15)9-12(16)10-18/h2-8,12,18H,9-10,16H2,1H3. The Morgan fingerprint density at radius 2 is 1.95 bits per heavy atom. The van der Waals surface area contributed by atoms with E-state index in [0.717, 1.165) is 17.0 Å². The van der Waals surface area contributed by atoms with Crippen molar-refractivity contribution in [3.63, 3.8) is 0 Å². The highest BCUT2D eigenvalue weighted by atomic mass is 32.2. The van der Waals surface area contributed by atoms with Crippen LogP contribution in [0.5, 0.6) is 0 Å². The monoisotopic (exact) mass is 274 g/mol. The molecule has 1 aromatic carbocycles. The highest BCUT2D eigenvalue weighted by molar-refractivity contribution is 7.98. The summed E-state index contributed by atoms with van der Waals surface area (Å²) in [6.45, 7) is -0.0195. The molecule has 1 unspecified atom stereocenters. The van der Waals surface area contributed by atoms with E-state index >= 15 is 0 Å². The number of aromatic nitrogens is 1. The summed E-state index contributed by atoms with van der Waals surface area (Å²) in [7, 11) is 0. The molecule has 2 rings (SSSR count). The molecule has 0 aliphatic heterocycles. The molecule has 3 N–H and O–H groups in total. The van der Waals surface area contributed by atoms with Gasteiger partial charge in [0.1, 0.15) is 0 Å². The van der Waals surface area contributed by atoms with Gasteiger partial charge in [0, 0.05) is 28.6 Å². The van der Waals surface area contributed by atoms with Gasteiger partial charge >= 0.3 is 0 Å². The van der Waals surface area contributed by atoms with E-state index in [2.05, 4.69) is 35.5 Å². The number of rotatable bonds is 5. The number of nitrogens with zero attached hydrogens (tertiary/aromatic N) is 1. The number of pyridine rings is 1. The van der Waals surface area contributed by atoms with E-state index in [-0.39, 0.29) is 12.6 Å². The van der Waals surface area contributed by atoms with E-state index in [1.807, 2.05) is 18.2 Å². The Morgan fingerprint density at radius 1 is 1.21 bits per heavy atom. The van der Waals surface area contributed by atoms with Gasteiger partial charge < -0.3 is 10.8 Å². The number of nitrogens with two attached hydrogens (primary N) is 1. The Kier molecular flexibility index (Phi) is 4.96. The van der Waals surface area contributed by atoms with Crippen molar-refractivity contribution in [1.82, 2.24) is 4.98 Å². The summed E-state index contributed by atoms with van der Waals surface area (Å²) < 4.78 is 0. The summed E-state index contributed by atoms with van der Waals surface area (Å²) in [5, 5.41) is 8.99. The number of hydrogen-bond donors (Lipinski definition) is 2. The van der Waals surface area contributed by atoms with E-state index in [9.17, 15) is 0 Å². The molecule has 1 atom stereocenters. The summed E-state index contributed by atoms with van der Waals surface area (Å²) in [5.41, 5.74) is 8.68. The molecular weight excluding hydrogens is 256 g/mol. The molecule has 0 radical (unpaired) electrons. The van der Waals surface area contributed by atoms with E-state index in [1.54, 1.807) is 11.8 Å². The van der Waals surface area contributed by atoms with Gasteiger partial charge in [-0.1, -0.05) is 18.2 Å². The summed E-state index contributed by atoms with van der Waals surface area (Å²) in [5.74, 6) is 0. The number of benzene rings is 1. The SMILES string of the molecule is CSc1ccc(-c2cccc(CC(N)CO)n2)cc1.